The van der Waals surface area contributed by atoms with Crippen LogP contribution in [-0.4, -0.2) is 44.8 Å². The van der Waals surface area contributed by atoms with E-state index in [1.165, 1.54) is 55.8 Å². The molecule has 0 radical (unpaired) electrons. The Hall–Kier alpha value is -2.64. The van der Waals surface area contributed by atoms with E-state index in [0.717, 1.165) is 53.7 Å². The van der Waals surface area contributed by atoms with Crippen LogP contribution in [0.15, 0.2) is 42.7 Å². The van der Waals surface area contributed by atoms with Gasteiger partial charge in [-0.1, -0.05) is 25.8 Å². The smallest absolute Gasteiger partial charge is 0.180 e. The van der Waals surface area contributed by atoms with Crippen LogP contribution in [0.4, 0.5) is 5.13 Å². The number of fused-ring (bicyclic) bond motifs is 1. The number of aromatic nitrogens is 3. The molecule has 0 spiro atoms. The van der Waals surface area contributed by atoms with Gasteiger partial charge in [-0.05, 0) is 94.1 Å². The zero-order chi connectivity index (χ0) is 25.6. The lowest BCUT2D eigenvalue weighted by atomic mass is 9.78. The summed E-state index contributed by atoms with van der Waals surface area (Å²) in [6.07, 6.45) is 14.8. The minimum atomic E-state index is 0.220. The van der Waals surface area contributed by atoms with Crippen LogP contribution in [0.1, 0.15) is 79.2 Å². The van der Waals surface area contributed by atoms with Gasteiger partial charge in [-0.3, -0.25) is 14.8 Å². The highest BCUT2D eigenvalue weighted by molar-refractivity contribution is 7.15. The molecule has 3 aromatic heterocycles. The van der Waals surface area contributed by atoms with Crippen LogP contribution in [0.2, 0.25) is 0 Å². The molecular formula is C30H39N5OS. The van der Waals surface area contributed by atoms with E-state index >= 15 is 0 Å². The van der Waals surface area contributed by atoms with Crippen LogP contribution in [-0.2, 0) is 12.8 Å². The summed E-state index contributed by atoms with van der Waals surface area (Å²) in [5.74, 6) is 1.50. The Labute approximate surface area is 224 Å². The average Bonchev–Trinajstić information content (AvgIpc) is 3.31. The van der Waals surface area contributed by atoms with Crippen LogP contribution < -0.4 is 5.73 Å². The number of rotatable bonds is 10. The van der Waals surface area contributed by atoms with Crippen LogP contribution in [0, 0.1) is 11.8 Å². The van der Waals surface area contributed by atoms with E-state index in [4.69, 9.17) is 5.73 Å². The summed E-state index contributed by atoms with van der Waals surface area (Å²) in [7, 11) is 0. The summed E-state index contributed by atoms with van der Waals surface area (Å²) in [5.41, 5.74) is 9.56. The number of nitrogen functional groups attached to an aromatic ring is 1. The molecule has 1 fully saturated rings. The molecule has 196 valence electrons. The highest BCUT2D eigenvalue weighted by Crippen LogP contribution is 2.35. The average molecular weight is 518 g/mol. The number of carbonyl (C=O) groups is 1. The predicted molar refractivity (Wildman–Crippen MR) is 151 cm³/mol. The van der Waals surface area contributed by atoms with Crippen molar-refractivity contribution in [3.8, 4) is 11.4 Å². The molecule has 1 atom stereocenters. The number of nitrogens with two attached hydrogens (primary N) is 1. The monoisotopic (exact) mass is 517 g/mol. The number of pyridine rings is 2. The Bertz CT molecular complexity index is 1150. The first-order valence-corrected chi connectivity index (χ1v) is 14.8. The van der Waals surface area contributed by atoms with Gasteiger partial charge >= 0.3 is 0 Å². The lowest BCUT2D eigenvalue weighted by molar-refractivity contribution is 0.0937. The third-order valence-corrected chi connectivity index (χ3v) is 9.18. The molecule has 0 bridgehead atoms. The molecule has 2 N–H and O–H groups in total. The summed E-state index contributed by atoms with van der Waals surface area (Å²) >= 11 is 1.68. The van der Waals surface area contributed by atoms with E-state index in [9.17, 15) is 4.79 Å². The number of ketones is 1. The Balaban J connectivity index is 1.07. The summed E-state index contributed by atoms with van der Waals surface area (Å²) in [4.78, 5) is 30.4. The molecule has 6 nitrogen and oxygen atoms in total. The maximum Gasteiger partial charge on any atom is 0.180 e. The SMILES string of the molecule is CCCN(CCC1CCC(CC(=O)c2ccc(-c3ccccn3)nc2)CC1)[C@H]1CCc2nc(N)sc2C1. The van der Waals surface area contributed by atoms with E-state index in [1.54, 1.807) is 23.7 Å². The first-order valence-electron chi connectivity index (χ1n) is 14.0. The molecule has 2 aliphatic carbocycles. The van der Waals surface area contributed by atoms with Crippen molar-refractivity contribution in [2.75, 3.05) is 18.8 Å². The van der Waals surface area contributed by atoms with Gasteiger partial charge < -0.3 is 10.6 Å². The number of nitrogens with zero attached hydrogens (tertiary/aromatic N) is 4. The number of hydrogen-bond donors (Lipinski definition) is 1. The fraction of sp³-hybridized carbons (Fsp3) is 0.533. The summed E-state index contributed by atoms with van der Waals surface area (Å²) in [5, 5.41) is 0.723. The molecular weight excluding hydrogens is 478 g/mol. The highest BCUT2D eigenvalue weighted by atomic mass is 32.1. The van der Waals surface area contributed by atoms with Gasteiger partial charge in [-0.2, -0.15) is 0 Å². The molecule has 37 heavy (non-hydrogen) atoms. The fourth-order valence-corrected chi connectivity index (χ4v) is 7.08. The lowest BCUT2D eigenvalue weighted by Crippen LogP contribution is -2.41. The molecule has 1 saturated carbocycles. The normalized spacial score (nSPS) is 21.6. The molecule has 3 aromatic rings. The third kappa shape index (κ3) is 6.63. The Morgan fingerprint density at radius 3 is 2.57 bits per heavy atom. The van der Waals surface area contributed by atoms with Gasteiger partial charge in [0.25, 0.3) is 0 Å². The van der Waals surface area contributed by atoms with Crippen LogP contribution in [0.25, 0.3) is 11.4 Å². The summed E-state index contributed by atoms with van der Waals surface area (Å²) < 4.78 is 0. The van der Waals surface area contributed by atoms with E-state index in [-0.39, 0.29) is 5.78 Å². The predicted octanol–water partition coefficient (Wildman–Crippen LogP) is 6.22. The molecule has 5 rings (SSSR count). The second kappa shape index (κ2) is 12.3. The molecule has 0 aliphatic heterocycles. The maximum absolute atomic E-state index is 12.9. The standard InChI is InChI=1S/C30H39N5OS/c1-2-16-35(24-11-13-27-29(19-24)37-30(31)34-27)17-14-21-6-8-22(9-7-21)18-28(36)23-10-12-26(33-20-23)25-5-3-4-15-32-25/h3-5,10,12,15,20-22,24H,2,6-9,11,13-14,16-19H2,1H3,(H2,31,34)/t21?,22?,24-/m0/s1. The van der Waals surface area contributed by atoms with E-state index in [1.807, 2.05) is 30.3 Å². The minimum Gasteiger partial charge on any atom is -0.375 e. The van der Waals surface area contributed by atoms with Crippen molar-refractivity contribution in [1.82, 2.24) is 19.9 Å². The van der Waals surface area contributed by atoms with Gasteiger partial charge in [0.05, 0.1) is 17.1 Å². The van der Waals surface area contributed by atoms with Crippen molar-refractivity contribution in [2.24, 2.45) is 11.8 Å². The Morgan fingerprint density at radius 2 is 1.84 bits per heavy atom. The van der Waals surface area contributed by atoms with Crippen LogP contribution in [0.3, 0.4) is 0 Å². The quantitative estimate of drug-likeness (QED) is 0.321. The van der Waals surface area contributed by atoms with Gasteiger partial charge in [-0.15, -0.1) is 11.3 Å². The van der Waals surface area contributed by atoms with Gasteiger partial charge in [0, 0.05) is 35.3 Å². The first-order chi connectivity index (χ1) is 18.1. The molecule has 0 amide bonds. The van der Waals surface area contributed by atoms with Gasteiger partial charge in [0.15, 0.2) is 10.9 Å². The molecule has 2 aliphatic rings. The first kappa shape index (κ1) is 26.0. The molecule has 0 aromatic carbocycles. The maximum atomic E-state index is 12.9. The van der Waals surface area contributed by atoms with E-state index in [2.05, 4.69) is 26.8 Å². The van der Waals surface area contributed by atoms with Crippen molar-refractivity contribution in [3.63, 3.8) is 0 Å². The number of aryl methyl sites for hydroxylation is 1. The van der Waals surface area contributed by atoms with E-state index < -0.39 is 0 Å². The summed E-state index contributed by atoms with van der Waals surface area (Å²) in [6.45, 7) is 4.64. The Kier molecular flexibility index (Phi) is 8.62. The van der Waals surface area contributed by atoms with Crippen molar-refractivity contribution >= 4 is 22.3 Å². The number of anilines is 1. The zero-order valence-corrected chi connectivity index (χ0v) is 22.8. The van der Waals surface area contributed by atoms with Crippen molar-refractivity contribution in [1.29, 1.82) is 0 Å². The van der Waals surface area contributed by atoms with Gasteiger partial charge in [0.1, 0.15) is 0 Å². The number of Topliss-reactive ketones (excluding diaryl/α,β-unsaturated/α-hetero) is 1. The van der Waals surface area contributed by atoms with Crippen LogP contribution in [0.5, 0.6) is 0 Å². The van der Waals surface area contributed by atoms with Crippen molar-refractivity contribution in [2.45, 2.75) is 77.2 Å². The lowest BCUT2D eigenvalue weighted by Gasteiger charge is -2.36. The fourth-order valence-electron chi connectivity index (χ4n) is 6.13. The largest absolute Gasteiger partial charge is 0.375 e. The minimum absolute atomic E-state index is 0.220. The second-order valence-corrected chi connectivity index (χ2v) is 11.9. The zero-order valence-electron chi connectivity index (χ0n) is 21.9. The van der Waals surface area contributed by atoms with E-state index in [0.29, 0.717) is 18.4 Å². The highest BCUT2D eigenvalue weighted by Gasteiger charge is 2.28. The Morgan fingerprint density at radius 1 is 1.03 bits per heavy atom. The number of carbonyl (C=O) groups excluding carboxylic acids is 1. The van der Waals surface area contributed by atoms with Crippen LogP contribution >= 0.6 is 11.3 Å². The molecule has 3 heterocycles. The summed E-state index contributed by atoms with van der Waals surface area (Å²) in [6, 6.07) is 10.2. The topological polar surface area (TPSA) is 85.0 Å². The second-order valence-electron chi connectivity index (χ2n) is 10.8. The number of thiazole rings is 1. The molecule has 0 unspecified atom stereocenters. The number of hydrogen-bond acceptors (Lipinski definition) is 7. The molecule has 0 saturated heterocycles. The molecule has 7 heteroatoms. The van der Waals surface area contributed by atoms with Crippen molar-refractivity contribution < 1.29 is 4.79 Å². The third-order valence-electron chi connectivity index (χ3n) is 8.24. The van der Waals surface area contributed by atoms with Crippen molar-refractivity contribution in [3.05, 3.63) is 58.9 Å². The van der Waals surface area contributed by atoms with Gasteiger partial charge in [0.2, 0.25) is 0 Å². The van der Waals surface area contributed by atoms with Gasteiger partial charge in [-0.25, -0.2) is 4.98 Å².